The van der Waals surface area contributed by atoms with Crippen LogP contribution in [0, 0.1) is 5.92 Å². The number of sulfonamides is 1. The van der Waals surface area contributed by atoms with E-state index < -0.39 is 10.0 Å². The molecule has 2 aliphatic carbocycles. The van der Waals surface area contributed by atoms with Gasteiger partial charge in [-0.1, -0.05) is 30.7 Å². The van der Waals surface area contributed by atoms with Crippen molar-refractivity contribution in [2.45, 2.75) is 68.8 Å². The Morgan fingerprint density at radius 2 is 1.83 bits per heavy atom. The summed E-state index contributed by atoms with van der Waals surface area (Å²) in [6, 6.07) is 13.2. The van der Waals surface area contributed by atoms with Crippen molar-refractivity contribution in [3.63, 3.8) is 0 Å². The summed E-state index contributed by atoms with van der Waals surface area (Å²) in [5.41, 5.74) is 4.13. The van der Waals surface area contributed by atoms with Crippen LogP contribution < -0.4 is 9.62 Å². The third-order valence-electron chi connectivity index (χ3n) is 6.94. The van der Waals surface area contributed by atoms with Crippen LogP contribution >= 0.6 is 0 Å². The van der Waals surface area contributed by atoms with Gasteiger partial charge in [0, 0.05) is 23.7 Å². The first kappa shape index (κ1) is 19.8. The van der Waals surface area contributed by atoms with Gasteiger partial charge in [0.15, 0.2) is 0 Å². The Bertz CT molecular complexity index is 1090. The highest BCUT2D eigenvalue weighted by Gasteiger charge is 2.37. The normalized spacial score (nSPS) is 23.6. The number of aryl methyl sites for hydroxylation is 1. The van der Waals surface area contributed by atoms with Crippen LogP contribution in [0.2, 0.25) is 0 Å². The van der Waals surface area contributed by atoms with E-state index in [1.807, 2.05) is 36.1 Å². The molecule has 1 saturated carbocycles. The van der Waals surface area contributed by atoms with Gasteiger partial charge in [0.2, 0.25) is 15.9 Å². The topological polar surface area (TPSA) is 66.5 Å². The van der Waals surface area contributed by atoms with Gasteiger partial charge in [-0.3, -0.25) is 4.79 Å². The van der Waals surface area contributed by atoms with E-state index in [9.17, 15) is 13.2 Å². The molecule has 30 heavy (non-hydrogen) atoms. The predicted octanol–water partition coefficient (Wildman–Crippen LogP) is 4.12. The largest absolute Gasteiger partial charge is 0.309 e. The Balaban J connectivity index is 1.40. The first-order valence-corrected chi connectivity index (χ1v) is 12.5. The standard InChI is InChI=1S/C24H28N2O3S/c1-16-14-19-15-20(12-13-23(19)26(16)24(27)18-8-4-9-18)30(28,29)25-22-11-5-7-17-6-2-3-10-21(17)22/h2-3,6,10,12-13,15-16,18,22,25H,4-5,7-9,11,14H2,1H3/t16-,22-/m0/s1. The van der Waals surface area contributed by atoms with Crippen molar-refractivity contribution >= 4 is 21.6 Å². The van der Waals surface area contributed by atoms with Crippen LogP contribution in [0.5, 0.6) is 0 Å². The zero-order valence-electron chi connectivity index (χ0n) is 17.3. The van der Waals surface area contributed by atoms with Gasteiger partial charge in [-0.05, 0) is 80.3 Å². The second kappa shape index (κ2) is 7.50. The number of anilines is 1. The predicted molar refractivity (Wildman–Crippen MR) is 117 cm³/mol. The summed E-state index contributed by atoms with van der Waals surface area (Å²) < 4.78 is 29.3. The lowest BCUT2D eigenvalue weighted by molar-refractivity contribution is -0.125. The number of nitrogens with one attached hydrogen (secondary N) is 1. The molecule has 158 valence electrons. The van der Waals surface area contributed by atoms with E-state index in [-0.39, 0.29) is 28.8 Å². The molecule has 2 atom stereocenters. The van der Waals surface area contributed by atoms with E-state index >= 15 is 0 Å². The van der Waals surface area contributed by atoms with Gasteiger partial charge >= 0.3 is 0 Å². The minimum Gasteiger partial charge on any atom is -0.309 e. The molecule has 0 spiro atoms. The molecule has 0 radical (unpaired) electrons. The Morgan fingerprint density at radius 3 is 2.60 bits per heavy atom. The summed E-state index contributed by atoms with van der Waals surface area (Å²) in [6.45, 7) is 2.04. The first-order chi connectivity index (χ1) is 14.4. The fraction of sp³-hybridized carbons (Fsp3) is 0.458. The monoisotopic (exact) mass is 424 g/mol. The van der Waals surface area contributed by atoms with Crippen LogP contribution in [0.15, 0.2) is 47.4 Å². The SMILES string of the molecule is C[C@H]1Cc2cc(S(=O)(=O)N[C@H]3CCCc4ccccc43)ccc2N1C(=O)C1CCC1. The molecule has 0 bridgehead atoms. The molecular formula is C24H28N2O3S. The molecule has 1 heterocycles. The Morgan fingerprint density at radius 1 is 1.03 bits per heavy atom. The molecule has 3 aliphatic rings. The van der Waals surface area contributed by atoms with Crippen LogP contribution in [-0.4, -0.2) is 20.4 Å². The maximum absolute atomic E-state index is 13.2. The van der Waals surface area contributed by atoms with Crippen molar-refractivity contribution in [1.29, 1.82) is 0 Å². The smallest absolute Gasteiger partial charge is 0.241 e. The van der Waals surface area contributed by atoms with Gasteiger partial charge in [-0.25, -0.2) is 13.1 Å². The van der Waals surface area contributed by atoms with Crippen LogP contribution in [0.1, 0.15) is 61.8 Å². The Labute approximate surface area is 178 Å². The molecule has 2 aromatic rings. The number of rotatable bonds is 4. The van der Waals surface area contributed by atoms with Crippen molar-refractivity contribution in [2.75, 3.05) is 4.90 Å². The second-order valence-electron chi connectivity index (χ2n) is 8.94. The average Bonchev–Trinajstić information content (AvgIpc) is 3.01. The van der Waals surface area contributed by atoms with Gasteiger partial charge in [-0.2, -0.15) is 0 Å². The summed E-state index contributed by atoms with van der Waals surface area (Å²) in [7, 11) is -3.64. The zero-order chi connectivity index (χ0) is 20.9. The second-order valence-corrected chi connectivity index (χ2v) is 10.7. The van der Waals surface area contributed by atoms with Crippen LogP contribution in [0.4, 0.5) is 5.69 Å². The zero-order valence-corrected chi connectivity index (χ0v) is 18.1. The molecule has 2 aromatic carbocycles. The minimum absolute atomic E-state index is 0.0734. The third-order valence-corrected chi connectivity index (χ3v) is 8.40. The summed E-state index contributed by atoms with van der Waals surface area (Å²) in [5, 5.41) is 0. The molecule has 1 aliphatic heterocycles. The third kappa shape index (κ3) is 3.36. The Hall–Kier alpha value is -2.18. The highest BCUT2D eigenvalue weighted by atomic mass is 32.2. The Kier molecular flexibility index (Phi) is 4.94. The molecule has 1 fully saturated rings. The highest BCUT2D eigenvalue weighted by molar-refractivity contribution is 7.89. The number of nitrogens with zero attached hydrogens (tertiary/aromatic N) is 1. The van der Waals surface area contributed by atoms with Crippen molar-refractivity contribution < 1.29 is 13.2 Å². The molecule has 5 nitrogen and oxygen atoms in total. The summed E-state index contributed by atoms with van der Waals surface area (Å²) in [4.78, 5) is 15.0. The number of hydrogen-bond donors (Lipinski definition) is 1. The molecule has 0 aromatic heterocycles. The molecule has 6 heteroatoms. The average molecular weight is 425 g/mol. The van der Waals surface area contributed by atoms with E-state index in [1.54, 1.807) is 12.1 Å². The quantitative estimate of drug-likeness (QED) is 0.803. The van der Waals surface area contributed by atoms with Gasteiger partial charge in [-0.15, -0.1) is 0 Å². The van der Waals surface area contributed by atoms with Gasteiger partial charge in [0.1, 0.15) is 0 Å². The fourth-order valence-electron chi connectivity index (χ4n) is 5.09. The maximum Gasteiger partial charge on any atom is 0.241 e. The lowest BCUT2D eigenvalue weighted by atomic mass is 9.84. The van der Waals surface area contributed by atoms with E-state index in [4.69, 9.17) is 0 Å². The molecule has 5 rings (SSSR count). The number of amides is 1. The van der Waals surface area contributed by atoms with Gasteiger partial charge in [0.25, 0.3) is 0 Å². The van der Waals surface area contributed by atoms with Gasteiger partial charge < -0.3 is 4.90 Å². The first-order valence-electron chi connectivity index (χ1n) is 11.0. The number of carbonyl (C=O) groups excluding carboxylic acids is 1. The molecule has 1 amide bonds. The van der Waals surface area contributed by atoms with E-state index in [0.717, 1.165) is 55.3 Å². The number of carbonyl (C=O) groups is 1. The summed E-state index contributed by atoms with van der Waals surface area (Å²) >= 11 is 0. The van der Waals surface area contributed by atoms with E-state index in [1.165, 1.54) is 5.56 Å². The highest BCUT2D eigenvalue weighted by Crippen LogP contribution is 2.38. The summed E-state index contributed by atoms with van der Waals surface area (Å²) in [6.07, 6.45) is 6.54. The van der Waals surface area contributed by atoms with Crippen LogP contribution in [0.3, 0.4) is 0 Å². The van der Waals surface area contributed by atoms with Crippen molar-refractivity contribution in [2.24, 2.45) is 5.92 Å². The number of hydrogen-bond acceptors (Lipinski definition) is 3. The van der Waals surface area contributed by atoms with Crippen LogP contribution in [0.25, 0.3) is 0 Å². The summed E-state index contributed by atoms with van der Waals surface area (Å²) in [5.74, 6) is 0.329. The van der Waals surface area contributed by atoms with E-state index in [2.05, 4.69) is 10.8 Å². The minimum atomic E-state index is -3.64. The number of fused-ring (bicyclic) bond motifs is 2. The van der Waals surface area contributed by atoms with E-state index in [0.29, 0.717) is 6.42 Å². The van der Waals surface area contributed by atoms with Crippen molar-refractivity contribution in [3.8, 4) is 0 Å². The molecule has 1 N–H and O–H groups in total. The lowest BCUT2D eigenvalue weighted by Crippen LogP contribution is -2.42. The lowest BCUT2D eigenvalue weighted by Gasteiger charge is -2.32. The fourth-order valence-corrected chi connectivity index (χ4v) is 6.39. The maximum atomic E-state index is 13.2. The molecule has 0 unspecified atom stereocenters. The van der Waals surface area contributed by atoms with Gasteiger partial charge in [0.05, 0.1) is 4.90 Å². The van der Waals surface area contributed by atoms with Crippen LogP contribution in [-0.2, 0) is 27.7 Å². The number of benzene rings is 2. The molecular weight excluding hydrogens is 396 g/mol. The van der Waals surface area contributed by atoms with Crippen molar-refractivity contribution in [1.82, 2.24) is 4.72 Å². The van der Waals surface area contributed by atoms with Crippen molar-refractivity contribution in [3.05, 3.63) is 59.2 Å². The molecule has 0 saturated heterocycles.